The van der Waals surface area contributed by atoms with Crippen LogP contribution in [0.4, 0.5) is 5.00 Å². The first-order valence-electron chi connectivity index (χ1n) is 7.93. The average Bonchev–Trinajstić information content (AvgIpc) is 3.22. The van der Waals surface area contributed by atoms with E-state index >= 15 is 0 Å². The summed E-state index contributed by atoms with van der Waals surface area (Å²) < 4.78 is 15.1. The number of anilines is 1. The summed E-state index contributed by atoms with van der Waals surface area (Å²) in [5, 5.41) is 3.02. The summed E-state index contributed by atoms with van der Waals surface area (Å²) in [6.07, 6.45) is 1.57. The molecular formula is C16H21NO6S. The van der Waals surface area contributed by atoms with Crippen LogP contribution in [-0.4, -0.2) is 43.8 Å². The van der Waals surface area contributed by atoms with Gasteiger partial charge >= 0.3 is 11.9 Å². The number of esters is 2. The van der Waals surface area contributed by atoms with Crippen molar-refractivity contribution in [2.45, 2.75) is 39.2 Å². The molecule has 0 unspecified atom stereocenters. The van der Waals surface area contributed by atoms with Crippen molar-refractivity contribution in [1.29, 1.82) is 0 Å². The molecular weight excluding hydrogens is 334 g/mol. The lowest BCUT2D eigenvalue weighted by molar-refractivity contribution is -0.156. The van der Waals surface area contributed by atoms with Crippen LogP contribution >= 0.6 is 11.3 Å². The molecule has 0 spiro atoms. The van der Waals surface area contributed by atoms with Gasteiger partial charge in [-0.1, -0.05) is 6.92 Å². The van der Waals surface area contributed by atoms with Gasteiger partial charge in [-0.15, -0.1) is 11.3 Å². The fourth-order valence-electron chi connectivity index (χ4n) is 2.23. The van der Waals surface area contributed by atoms with Gasteiger partial charge in [-0.2, -0.15) is 0 Å². The summed E-state index contributed by atoms with van der Waals surface area (Å²) in [4.78, 5) is 36.6. The third-order valence-corrected chi connectivity index (χ3v) is 4.61. The van der Waals surface area contributed by atoms with Crippen LogP contribution in [0.1, 0.15) is 41.9 Å². The Labute approximate surface area is 144 Å². The highest BCUT2D eigenvalue weighted by Gasteiger charge is 2.26. The lowest BCUT2D eigenvalue weighted by Crippen LogP contribution is -2.27. The second-order valence-electron chi connectivity index (χ2n) is 5.19. The molecule has 1 atom stereocenters. The van der Waals surface area contributed by atoms with Gasteiger partial charge in [0.05, 0.1) is 12.2 Å². The van der Waals surface area contributed by atoms with E-state index in [-0.39, 0.29) is 6.61 Å². The molecule has 1 amide bonds. The number of carbonyl (C=O) groups excluding carboxylic acids is 3. The standard InChI is InChI=1S/C16H21NO6S/c1-3-10-8-11(15(19)21-4-2)14(24-10)17-13(18)9-23-16(20)12-6-5-7-22-12/h8,12H,3-7,9H2,1-2H3,(H,17,18)/t12-/m1/s1. The Morgan fingerprint density at radius 2 is 2.12 bits per heavy atom. The second-order valence-corrected chi connectivity index (χ2v) is 6.32. The lowest BCUT2D eigenvalue weighted by Gasteiger charge is -2.10. The smallest absolute Gasteiger partial charge is 0.341 e. The number of hydrogen-bond donors (Lipinski definition) is 1. The van der Waals surface area contributed by atoms with Gasteiger partial charge in [-0.05, 0) is 32.3 Å². The van der Waals surface area contributed by atoms with Crippen molar-refractivity contribution in [2.75, 3.05) is 25.1 Å². The van der Waals surface area contributed by atoms with Gasteiger partial charge in [0.15, 0.2) is 12.7 Å². The number of hydrogen-bond acceptors (Lipinski definition) is 7. The Hall–Kier alpha value is -1.93. The van der Waals surface area contributed by atoms with Crippen LogP contribution in [0.5, 0.6) is 0 Å². The molecule has 1 aromatic heterocycles. The Morgan fingerprint density at radius 3 is 2.75 bits per heavy atom. The van der Waals surface area contributed by atoms with Crippen LogP contribution < -0.4 is 5.32 Å². The fraction of sp³-hybridized carbons (Fsp3) is 0.562. The largest absolute Gasteiger partial charge is 0.462 e. The van der Waals surface area contributed by atoms with E-state index in [9.17, 15) is 14.4 Å². The summed E-state index contributed by atoms with van der Waals surface area (Å²) >= 11 is 1.30. The Kier molecular flexibility index (Phi) is 6.74. The van der Waals surface area contributed by atoms with Gasteiger partial charge < -0.3 is 19.5 Å². The molecule has 1 saturated heterocycles. The molecule has 2 heterocycles. The number of ether oxygens (including phenoxy) is 3. The Morgan fingerprint density at radius 1 is 1.33 bits per heavy atom. The molecule has 1 N–H and O–H groups in total. The SMILES string of the molecule is CCOC(=O)c1cc(CC)sc1NC(=O)COC(=O)[C@H]1CCCO1. The monoisotopic (exact) mass is 355 g/mol. The molecule has 0 radical (unpaired) electrons. The zero-order valence-corrected chi connectivity index (χ0v) is 14.6. The third kappa shape index (κ3) is 4.78. The van der Waals surface area contributed by atoms with E-state index in [4.69, 9.17) is 14.2 Å². The van der Waals surface area contributed by atoms with E-state index in [1.54, 1.807) is 13.0 Å². The van der Waals surface area contributed by atoms with Crippen molar-refractivity contribution < 1.29 is 28.6 Å². The zero-order valence-electron chi connectivity index (χ0n) is 13.8. The van der Waals surface area contributed by atoms with Crippen LogP contribution in [-0.2, 0) is 30.2 Å². The van der Waals surface area contributed by atoms with Crippen molar-refractivity contribution in [2.24, 2.45) is 0 Å². The van der Waals surface area contributed by atoms with Crippen LogP contribution in [0.2, 0.25) is 0 Å². The van der Waals surface area contributed by atoms with Gasteiger partial charge in [-0.3, -0.25) is 4.79 Å². The third-order valence-electron chi connectivity index (χ3n) is 3.42. The summed E-state index contributed by atoms with van der Waals surface area (Å²) in [6, 6.07) is 1.71. The predicted octanol–water partition coefficient (Wildman–Crippen LogP) is 2.15. The van der Waals surface area contributed by atoms with E-state index < -0.39 is 30.6 Å². The van der Waals surface area contributed by atoms with E-state index in [2.05, 4.69) is 5.32 Å². The normalized spacial score (nSPS) is 16.7. The zero-order chi connectivity index (χ0) is 17.5. The molecule has 1 aliphatic rings. The van der Waals surface area contributed by atoms with Crippen molar-refractivity contribution in [3.05, 3.63) is 16.5 Å². The molecule has 7 nitrogen and oxygen atoms in total. The number of nitrogens with one attached hydrogen (secondary N) is 1. The van der Waals surface area contributed by atoms with Gasteiger partial charge in [0.1, 0.15) is 5.00 Å². The van der Waals surface area contributed by atoms with Crippen LogP contribution in [0.15, 0.2) is 6.07 Å². The van der Waals surface area contributed by atoms with E-state index in [1.165, 1.54) is 11.3 Å². The van der Waals surface area contributed by atoms with Gasteiger partial charge in [0.25, 0.3) is 5.91 Å². The first-order valence-corrected chi connectivity index (χ1v) is 8.74. The summed E-state index contributed by atoms with van der Waals surface area (Å²) in [5.74, 6) is -1.52. The molecule has 0 aliphatic carbocycles. The van der Waals surface area contributed by atoms with Crippen molar-refractivity contribution in [3.8, 4) is 0 Å². The number of thiophene rings is 1. The number of carbonyl (C=O) groups is 3. The molecule has 8 heteroatoms. The molecule has 1 fully saturated rings. The Balaban J connectivity index is 1.93. The number of amides is 1. The summed E-state index contributed by atoms with van der Waals surface area (Å²) in [5.41, 5.74) is 0.317. The maximum absolute atomic E-state index is 12.0. The Bertz CT molecular complexity index is 606. The lowest BCUT2D eigenvalue weighted by atomic mass is 10.2. The van der Waals surface area contributed by atoms with Gasteiger partial charge in [0.2, 0.25) is 0 Å². The highest BCUT2D eigenvalue weighted by atomic mass is 32.1. The van der Waals surface area contributed by atoms with Crippen LogP contribution in [0, 0.1) is 0 Å². The fourth-order valence-corrected chi connectivity index (χ4v) is 3.23. The average molecular weight is 355 g/mol. The van der Waals surface area contributed by atoms with E-state index in [0.29, 0.717) is 23.6 Å². The van der Waals surface area contributed by atoms with Gasteiger partial charge in [0, 0.05) is 11.5 Å². The molecule has 1 aromatic rings. The number of aryl methyl sites for hydroxylation is 1. The molecule has 0 aromatic carbocycles. The second kappa shape index (κ2) is 8.79. The first-order chi connectivity index (χ1) is 11.5. The highest BCUT2D eigenvalue weighted by Crippen LogP contribution is 2.29. The first kappa shape index (κ1) is 18.4. The van der Waals surface area contributed by atoms with Crippen molar-refractivity contribution in [3.63, 3.8) is 0 Å². The molecule has 0 saturated carbocycles. The predicted molar refractivity (Wildman–Crippen MR) is 88.2 cm³/mol. The minimum atomic E-state index is -0.582. The molecule has 1 aliphatic heterocycles. The van der Waals surface area contributed by atoms with E-state index in [0.717, 1.165) is 17.7 Å². The minimum absolute atomic E-state index is 0.253. The minimum Gasteiger partial charge on any atom is -0.462 e. The van der Waals surface area contributed by atoms with Crippen molar-refractivity contribution >= 4 is 34.2 Å². The molecule has 24 heavy (non-hydrogen) atoms. The van der Waals surface area contributed by atoms with Crippen molar-refractivity contribution in [1.82, 2.24) is 0 Å². The van der Waals surface area contributed by atoms with Crippen LogP contribution in [0.3, 0.4) is 0 Å². The molecule has 2 rings (SSSR count). The molecule has 0 bridgehead atoms. The maximum Gasteiger partial charge on any atom is 0.341 e. The summed E-state index contributed by atoms with van der Waals surface area (Å²) in [7, 11) is 0. The van der Waals surface area contributed by atoms with Crippen LogP contribution in [0.25, 0.3) is 0 Å². The highest BCUT2D eigenvalue weighted by molar-refractivity contribution is 7.16. The van der Waals surface area contributed by atoms with Gasteiger partial charge in [-0.25, -0.2) is 9.59 Å². The summed E-state index contributed by atoms with van der Waals surface area (Å²) in [6.45, 7) is 4.04. The maximum atomic E-state index is 12.0. The van der Waals surface area contributed by atoms with E-state index in [1.807, 2.05) is 6.92 Å². The topological polar surface area (TPSA) is 90.9 Å². The molecule has 132 valence electrons. The number of rotatable bonds is 7. The quantitative estimate of drug-likeness (QED) is 0.754.